The van der Waals surface area contributed by atoms with Gasteiger partial charge in [-0.15, -0.1) is 0 Å². The number of hydrogen-bond donors (Lipinski definition) is 2. The zero-order valence-corrected chi connectivity index (χ0v) is 8.42. The van der Waals surface area contributed by atoms with Crippen molar-refractivity contribution in [2.75, 3.05) is 0 Å². The topological polar surface area (TPSA) is 55.1 Å². The summed E-state index contributed by atoms with van der Waals surface area (Å²) in [5.74, 6) is 4.88. The van der Waals surface area contributed by atoms with Gasteiger partial charge < -0.3 is 0 Å². The third kappa shape index (κ3) is 3.58. The van der Waals surface area contributed by atoms with E-state index in [1.165, 1.54) is 11.1 Å². The molecule has 0 aliphatic heterocycles. The molecule has 0 fully saturated rings. The Labute approximate surface area is 84.3 Å². The largest absolute Gasteiger partial charge is 0.294 e. The van der Waals surface area contributed by atoms with Gasteiger partial charge in [-0.05, 0) is 25.3 Å². The molecule has 0 aliphatic carbocycles. The summed E-state index contributed by atoms with van der Waals surface area (Å²) in [7, 11) is 0. The predicted octanol–water partition coefficient (Wildman–Crippen LogP) is 1.31. The first kappa shape index (κ1) is 10.7. The number of amides is 1. The van der Waals surface area contributed by atoms with Gasteiger partial charge in [0.1, 0.15) is 0 Å². The molecule has 1 rings (SSSR count). The van der Waals surface area contributed by atoms with Gasteiger partial charge in [-0.1, -0.05) is 29.8 Å². The second kappa shape index (κ2) is 5.40. The van der Waals surface area contributed by atoms with Crippen molar-refractivity contribution in [3.63, 3.8) is 0 Å². The van der Waals surface area contributed by atoms with Crippen LogP contribution in [0.4, 0.5) is 0 Å². The van der Waals surface area contributed by atoms with E-state index in [9.17, 15) is 4.79 Å². The molecule has 0 aliphatic rings. The number of nitrogens with one attached hydrogen (secondary N) is 1. The minimum atomic E-state index is -0.0994. The quantitative estimate of drug-likeness (QED) is 0.429. The highest BCUT2D eigenvalue weighted by Crippen LogP contribution is 2.07. The first-order valence-electron chi connectivity index (χ1n) is 4.77. The van der Waals surface area contributed by atoms with E-state index in [0.717, 1.165) is 12.8 Å². The average molecular weight is 192 g/mol. The Morgan fingerprint density at radius 2 is 2.29 bits per heavy atom. The molecule has 3 heteroatoms. The van der Waals surface area contributed by atoms with Gasteiger partial charge in [-0.2, -0.15) is 0 Å². The van der Waals surface area contributed by atoms with E-state index in [1.54, 1.807) is 0 Å². The molecule has 0 unspecified atom stereocenters. The zero-order chi connectivity index (χ0) is 10.4. The molecule has 76 valence electrons. The molecule has 1 amide bonds. The van der Waals surface area contributed by atoms with Crippen molar-refractivity contribution in [1.82, 2.24) is 5.43 Å². The number of nitrogens with two attached hydrogens (primary N) is 1. The van der Waals surface area contributed by atoms with Crippen LogP contribution >= 0.6 is 0 Å². The minimum Gasteiger partial charge on any atom is -0.294 e. The highest BCUT2D eigenvalue weighted by molar-refractivity contribution is 5.75. The molecular formula is C11H16N2O. The molecule has 0 spiro atoms. The monoisotopic (exact) mass is 192 g/mol. The lowest BCUT2D eigenvalue weighted by molar-refractivity contribution is -0.121. The van der Waals surface area contributed by atoms with Crippen LogP contribution in [0.2, 0.25) is 0 Å². The molecule has 3 N–H and O–H groups in total. The summed E-state index contributed by atoms with van der Waals surface area (Å²) in [5, 5.41) is 0. The van der Waals surface area contributed by atoms with Crippen LogP contribution in [0.3, 0.4) is 0 Å². The van der Waals surface area contributed by atoms with Crippen LogP contribution in [0.5, 0.6) is 0 Å². The van der Waals surface area contributed by atoms with Crippen molar-refractivity contribution in [3.05, 3.63) is 35.4 Å². The smallest absolute Gasteiger partial charge is 0.233 e. The van der Waals surface area contributed by atoms with Crippen LogP contribution in [0.15, 0.2) is 24.3 Å². The fourth-order valence-corrected chi connectivity index (χ4v) is 1.39. The van der Waals surface area contributed by atoms with Crippen molar-refractivity contribution in [2.24, 2.45) is 5.84 Å². The van der Waals surface area contributed by atoms with Crippen LogP contribution in [0.1, 0.15) is 24.0 Å². The lowest BCUT2D eigenvalue weighted by Crippen LogP contribution is -2.29. The summed E-state index contributed by atoms with van der Waals surface area (Å²) in [6.45, 7) is 2.07. The Balaban J connectivity index is 2.35. The molecule has 14 heavy (non-hydrogen) atoms. The van der Waals surface area contributed by atoms with E-state index in [2.05, 4.69) is 30.5 Å². The Hall–Kier alpha value is -1.35. The summed E-state index contributed by atoms with van der Waals surface area (Å²) in [4.78, 5) is 10.8. The first-order chi connectivity index (χ1) is 6.72. The minimum absolute atomic E-state index is 0.0994. The number of carbonyl (C=O) groups excluding carboxylic acids is 1. The standard InChI is InChI=1S/C11H16N2O/c1-9-4-2-5-10(8-9)6-3-7-11(14)13-12/h2,4-5,8H,3,6-7,12H2,1H3,(H,13,14). The van der Waals surface area contributed by atoms with E-state index in [4.69, 9.17) is 5.84 Å². The number of rotatable bonds is 4. The maximum absolute atomic E-state index is 10.8. The molecule has 0 saturated heterocycles. The van der Waals surface area contributed by atoms with Crippen molar-refractivity contribution >= 4 is 5.91 Å². The highest BCUT2D eigenvalue weighted by Gasteiger charge is 1.98. The molecule has 0 heterocycles. The van der Waals surface area contributed by atoms with Crippen molar-refractivity contribution in [1.29, 1.82) is 0 Å². The van der Waals surface area contributed by atoms with E-state index in [0.29, 0.717) is 6.42 Å². The summed E-state index contributed by atoms with van der Waals surface area (Å²) in [5.41, 5.74) is 4.65. The number of benzene rings is 1. The second-order valence-corrected chi connectivity index (χ2v) is 3.41. The summed E-state index contributed by atoms with van der Waals surface area (Å²) >= 11 is 0. The molecule has 1 aromatic carbocycles. The van der Waals surface area contributed by atoms with Gasteiger partial charge in [0.05, 0.1) is 0 Å². The number of aryl methyl sites for hydroxylation is 2. The number of carbonyl (C=O) groups is 1. The van der Waals surface area contributed by atoms with Gasteiger partial charge in [0, 0.05) is 6.42 Å². The van der Waals surface area contributed by atoms with Crippen molar-refractivity contribution in [3.8, 4) is 0 Å². The van der Waals surface area contributed by atoms with Gasteiger partial charge in [0.25, 0.3) is 0 Å². The predicted molar refractivity (Wildman–Crippen MR) is 56.4 cm³/mol. The van der Waals surface area contributed by atoms with Gasteiger partial charge in [0.15, 0.2) is 0 Å². The molecule has 0 aromatic heterocycles. The summed E-state index contributed by atoms with van der Waals surface area (Å²) in [6, 6.07) is 8.32. The SMILES string of the molecule is Cc1cccc(CCCC(=O)NN)c1. The molecule has 0 bridgehead atoms. The van der Waals surface area contributed by atoms with E-state index in [1.807, 2.05) is 6.07 Å². The summed E-state index contributed by atoms with van der Waals surface area (Å²) in [6.07, 6.45) is 2.26. The maximum Gasteiger partial charge on any atom is 0.233 e. The fourth-order valence-electron chi connectivity index (χ4n) is 1.39. The number of hydrogen-bond acceptors (Lipinski definition) is 2. The van der Waals surface area contributed by atoms with Crippen LogP contribution in [0.25, 0.3) is 0 Å². The van der Waals surface area contributed by atoms with E-state index < -0.39 is 0 Å². The number of hydrazine groups is 1. The van der Waals surface area contributed by atoms with Crippen molar-refractivity contribution < 1.29 is 4.79 Å². The second-order valence-electron chi connectivity index (χ2n) is 3.41. The van der Waals surface area contributed by atoms with Crippen LogP contribution in [-0.4, -0.2) is 5.91 Å². The first-order valence-corrected chi connectivity index (χ1v) is 4.77. The lowest BCUT2D eigenvalue weighted by atomic mass is 10.1. The maximum atomic E-state index is 10.8. The molecule has 0 radical (unpaired) electrons. The Bertz CT molecular complexity index is 310. The van der Waals surface area contributed by atoms with E-state index >= 15 is 0 Å². The molecule has 0 atom stereocenters. The third-order valence-corrected chi connectivity index (χ3v) is 2.11. The Kier molecular flexibility index (Phi) is 4.13. The fraction of sp³-hybridized carbons (Fsp3) is 0.364. The van der Waals surface area contributed by atoms with E-state index in [-0.39, 0.29) is 5.91 Å². The molecule has 3 nitrogen and oxygen atoms in total. The van der Waals surface area contributed by atoms with Crippen LogP contribution in [0, 0.1) is 6.92 Å². The van der Waals surface area contributed by atoms with Gasteiger partial charge in [-0.25, -0.2) is 5.84 Å². The van der Waals surface area contributed by atoms with Gasteiger partial charge in [0.2, 0.25) is 5.91 Å². The lowest BCUT2D eigenvalue weighted by Gasteiger charge is -2.02. The zero-order valence-electron chi connectivity index (χ0n) is 8.42. The van der Waals surface area contributed by atoms with Crippen molar-refractivity contribution in [2.45, 2.75) is 26.2 Å². The van der Waals surface area contributed by atoms with Crippen LogP contribution in [-0.2, 0) is 11.2 Å². The molecule has 1 aromatic rings. The average Bonchev–Trinajstić information content (AvgIpc) is 2.17. The van der Waals surface area contributed by atoms with Gasteiger partial charge in [-0.3, -0.25) is 10.2 Å². The Morgan fingerprint density at radius 3 is 2.93 bits per heavy atom. The summed E-state index contributed by atoms with van der Waals surface area (Å²) < 4.78 is 0. The normalized spacial score (nSPS) is 9.86. The highest BCUT2D eigenvalue weighted by atomic mass is 16.2. The van der Waals surface area contributed by atoms with Crippen LogP contribution < -0.4 is 11.3 Å². The van der Waals surface area contributed by atoms with Gasteiger partial charge >= 0.3 is 0 Å². The molecular weight excluding hydrogens is 176 g/mol. The molecule has 0 saturated carbocycles. The third-order valence-electron chi connectivity index (χ3n) is 2.11. The Morgan fingerprint density at radius 1 is 1.50 bits per heavy atom.